The van der Waals surface area contributed by atoms with Gasteiger partial charge in [0.15, 0.2) is 0 Å². The SMILES string of the molecule is Cc1cc(C)cc(C(c2ccccc2OCc2ccccc2)N2CCCC(C(=O)O)C2)c1. The molecule has 4 nitrogen and oxygen atoms in total. The van der Waals surface area contributed by atoms with Gasteiger partial charge in [-0.25, -0.2) is 0 Å². The lowest BCUT2D eigenvalue weighted by Gasteiger charge is -2.38. The predicted molar refractivity (Wildman–Crippen MR) is 127 cm³/mol. The van der Waals surface area contributed by atoms with Crippen LogP contribution in [0.1, 0.15) is 46.7 Å². The van der Waals surface area contributed by atoms with Gasteiger partial charge in [0.2, 0.25) is 0 Å². The fourth-order valence-corrected chi connectivity index (χ4v) is 4.77. The van der Waals surface area contributed by atoms with Crippen molar-refractivity contribution < 1.29 is 14.6 Å². The highest BCUT2D eigenvalue weighted by molar-refractivity contribution is 5.70. The number of ether oxygens (including phenoxy) is 1. The van der Waals surface area contributed by atoms with Crippen molar-refractivity contribution in [1.82, 2.24) is 4.90 Å². The molecule has 32 heavy (non-hydrogen) atoms. The van der Waals surface area contributed by atoms with Crippen LogP contribution in [0.2, 0.25) is 0 Å². The van der Waals surface area contributed by atoms with Gasteiger partial charge >= 0.3 is 5.97 Å². The van der Waals surface area contributed by atoms with Crippen LogP contribution in [-0.2, 0) is 11.4 Å². The molecule has 0 aromatic heterocycles. The maximum atomic E-state index is 11.8. The molecule has 4 rings (SSSR count). The summed E-state index contributed by atoms with van der Waals surface area (Å²) in [6, 6.07) is 24.9. The second kappa shape index (κ2) is 10.0. The number of nitrogens with zero attached hydrogens (tertiary/aromatic N) is 1. The molecule has 0 amide bonds. The molecule has 2 atom stereocenters. The Morgan fingerprint density at radius 2 is 1.72 bits per heavy atom. The van der Waals surface area contributed by atoms with Gasteiger partial charge in [0, 0.05) is 12.1 Å². The van der Waals surface area contributed by atoms with E-state index >= 15 is 0 Å². The number of rotatable bonds is 7. The highest BCUT2D eigenvalue weighted by atomic mass is 16.5. The highest BCUT2D eigenvalue weighted by Crippen LogP contribution is 2.38. The Morgan fingerprint density at radius 1 is 1.03 bits per heavy atom. The van der Waals surface area contributed by atoms with E-state index in [2.05, 4.69) is 55.1 Å². The van der Waals surface area contributed by atoms with Gasteiger partial charge in [0.1, 0.15) is 12.4 Å². The van der Waals surface area contributed by atoms with Crippen molar-refractivity contribution in [3.8, 4) is 5.75 Å². The summed E-state index contributed by atoms with van der Waals surface area (Å²) in [5.41, 5.74) is 5.80. The summed E-state index contributed by atoms with van der Waals surface area (Å²) in [5.74, 6) is -0.199. The van der Waals surface area contributed by atoms with Crippen molar-refractivity contribution in [3.05, 3.63) is 101 Å². The Morgan fingerprint density at radius 3 is 2.44 bits per heavy atom. The lowest BCUT2D eigenvalue weighted by Crippen LogP contribution is -2.41. The number of para-hydroxylation sites is 1. The van der Waals surface area contributed by atoms with Crippen LogP contribution >= 0.6 is 0 Å². The molecule has 0 radical (unpaired) electrons. The number of piperidine rings is 1. The fraction of sp³-hybridized carbons (Fsp3) is 0.321. The van der Waals surface area contributed by atoms with E-state index in [0.717, 1.165) is 36.3 Å². The molecule has 1 aliphatic heterocycles. The van der Waals surface area contributed by atoms with Crippen LogP contribution in [0.5, 0.6) is 5.75 Å². The smallest absolute Gasteiger partial charge is 0.307 e. The van der Waals surface area contributed by atoms with E-state index in [4.69, 9.17) is 4.74 Å². The number of carbonyl (C=O) groups is 1. The lowest BCUT2D eigenvalue weighted by atomic mass is 9.89. The molecule has 3 aromatic rings. The van der Waals surface area contributed by atoms with E-state index < -0.39 is 5.97 Å². The third-order valence-corrected chi connectivity index (χ3v) is 6.18. The molecule has 166 valence electrons. The Bertz CT molecular complexity index is 1040. The van der Waals surface area contributed by atoms with Gasteiger partial charge in [0.05, 0.1) is 12.0 Å². The van der Waals surface area contributed by atoms with Gasteiger partial charge in [0.25, 0.3) is 0 Å². The third kappa shape index (κ3) is 5.20. The predicted octanol–water partition coefficient (Wildman–Crippen LogP) is 5.77. The topological polar surface area (TPSA) is 49.8 Å². The largest absolute Gasteiger partial charge is 0.489 e. The monoisotopic (exact) mass is 429 g/mol. The number of carboxylic acids is 1. The molecular weight excluding hydrogens is 398 g/mol. The van der Waals surface area contributed by atoms with Gasteiger partial charge in [-0.05, 0) is 50.4 Å². The van der Waals surface area contributed by atoms with E-state index in [1.54, 1.807) is 0 Å². The van der Waals surface area contributed by atoms with Gasteiger partial charge < -0.3 is 9.84 Å². The minimum Gasteiger partial charge on any atom is -0.489 e. The summed E-state index contributed by atoms with van der Waals surface area (Å²) in [4.78, 5) is 14.1. The molecule has 0 aliphatic carbocycles. The summed E-state index contributed by atoms with van der Waals surface area (Å²) in [5, 5.41) is 9.68. The Labute approximate surface area is 190 Å². The van der Waals surface area contributed by atoms with Crippen LogP contribution in [0.25, 0.3) is 0 Å². The van der Waals surface area contributed by atoms with Gasteiger partial charge in [-0.3, -0.25) is 9.69 Å². The molecule has 4 heteroatoms. The van der Waals surface area contributed by atoms with Crippen molar-refractivity contribution in [2.24, 2.45) is 5.92 Å². The second-order valence-electron chi connectivity index (χ2n) is 8.81. The molecule has 3 aromatic carbocycles. The van der Waals surface area contributed by atoms with E-state index in [1.165, 1.54) is 16.7 Å². The maximum Gasteiger partial charge on any atom is 0.307 e. The normalized spacial score (nSPS) is 17.6. The van der Waals surface area contributed by atoms with Crippen LogP contribution in [0.4, 0.5) is 0 Å². The number of hydrogen-bond donors (Lipinski definition) is 1. The number of benzene rings is 3. The molecule has 1 saturated heterocycles. The van der Waals surface area contributed by atoms with Gasteiger partial charge in [-0.1, -0.05) is 77.9 Å². The summed E-state index contributed by atoms with van der Waals surface area (Å²) >= 11 is 0. The lowest BCUT2D eigenvalue weighted by molar-refractivity contribution is -0.143. The second-order valence-corrected chi connectivity index (χ2v) is 8.81. The van der Waals surface area contributed by atoms with Crippen LogP contribution < -0.4 is 4.74 Å². The first-order chi connectivity index (χ1) is 15.5. The minimum absolute atomic E-state index is 0.0530. The zero-order chi connectivity index (χ0) is 22.5. The first kappa shape index (κ1) is 22.1. The number of aryl methyl sites for hydroxylation is 2. The minimum atomic E-state index is -0.706. The fourth-order valence-electron chi connectivity index (χ4n) is 4.77. The summed E-state index contributed by atoms with van der Waals surface area (Å²) in [6.45, 7) is 6.13. The Kier molecular flexibility index (Phi) is 6.91. The number of carboxylic acid groups (broad SMARTS) is 1. The van der Waals surface area contributed by atoms with Crippen LogP contribution in [0, 0.1) is 19.8 Å². The zero-order valence-electron chi connectivity index (χ0n) is 18.8. The van der Waals surface area contributed by atoms with E-state index in [0.29, 0.717) is 13.2 Å². The quantitative estimate of drug-likeness (QED) is 0.518. The molecule has 1 heterocycles. The van der Waals surface area contributed by atoms with Crippen molar-refractivity contribution in [2.75, 3.05) is 13.1 Å². The molecule has 0 spiro atoms. The molecule has 0 saturated carbocycles. The van der Waals surface area contributed by atoms with E-state index in [1.807, 2.05) is 36.4 Å². The van der Waals surface area contributed by atoms with Crippen molar-refractivity contribution in [1.29, 1.82) is 0 Å². The molecule has 0 bridgehead atoms. The van der Waals surface area contributed by atoms with Crippen LogP contribution in [-0.4, -0.2) is 29.1 Å². The average Bonchev–Trinajstić information content (AvgIpc) is 2.79. The van der Waals surface area contributed by atoms with Crippen molar-refractivity contribution >= 4 is 5.97 Å². The molecule has 2 unspecified atom stereocenters. The molecule has 1 fully saturated rings. The van der Waals surface area contributed by atoms with Gasteiger partial charge in [-0.15, -0.1) is 0 Å². The number of aliphatic carboxylic acids is 1. The third-order valence-electron chi connectivity index (χ3n) is 6.18. The first-order valence-corrected chi connectivity index (χ1v) is 11.3. The number of hydrogen-bond acceptors (Lipinski definition) is 3. The average molecular weight is 430 g/mol. The first-order valence-electron chi connectivity index (χ1n) is 11.3. The van der Waals surface area contributed by atoms with Crippen LogP contribution in [0.15, 0.2) is 72.8 Å². The van der Waals surface area contributed by atoms with Crippen LogP contribution in [0.3, 0.4) is 0 Å². The summed E-state index contributed by atoms with van der Waals surface area (Å²) < 4.78 is 6.31. The summed E-state index contributed by atoms with van der Waals surface area (Å²) in [6.07, 6.45) is 1.61. The highest BCUT2D eigenvalue weighted by Gasteiger charge is 2.32. The van der Waals surface area contributed by atoms with Gasteiger partial charge in [-0.2, -0.15) is 0 Å². The maximum absolute atomic E-state index is 11.8. The molecular formula is C28H31NO3. The van der Waals surface area contributed by atoms with E-state index in [9.17, 15) is 9.90 Å². The summed E-state index contributed by atoms with van der Waals surface area (Å²) in [7, 11) is 0. The zero-order valence-corrected chi connectivity index (χ0v) is 18.8. The number of likely N-dealkylation sites (tertiary alicyclic amines) is 1. The molecule has 1 aliphatic rings. The van der Waals surface area contributed by atoms with Crippen molar-refractivity contribution in [2.45, 2.75) is 39.3 Å². The standard InChI is InChI=1S/C28H31NO3/c1-20-15-21(2)17-24(16-20)27(29-14-8-11-23(18-29)28(30)31)25-12-6-7-13-26(25)32-19-22-9-4-3-5-10-22/h3-7,9-10,12-13,15-17,23,27H,8,11,14,18-19H2,1-2H3,(H,30,31). The Balaban J connectivity index is 1.72. The Hall–Kier alpha value is -3.11. The molecule has 1 N–H and O–H groups in total. The van der Waals surface area contributed by atoms with E-state index in [-0.39, 0.29) is 12.0 Å². The van der Waals surface area contributed by atoms with Crippen molar-refractivity contribution in [3.63, 3.8) is 0 Å².